The Labute approximate surface area is 189 Å². The van der Waals surface area contributed by atoms with Crippen LogP contribution in [0.5, 0.6) is 5.75 Å². The third kappa shape index (κ3) is 5.00. The van der Waals surface area contributed by atoms with Crippen LogP contribution in [0.15, 0.2) is 23.1 Å². The van der Waals surface area contributed by atoms with Gasteiger partial charge in [0.25, 0.3) is 0 Å². The molecule has 1 N–H and O–H groups in total. The number of amides is 1. The number of carbonyl (C=O) groups excluding carboxylic acids is 1. The molecule has 2 unspecified atom stereocenters. The topological polar surface area (TPSA) is 81.7 Å². The Kier molecular flexibility index (Phi) is 6.76. The van der Waals surface area contributed by atoms with E-state index >= 15 is 0 Å². The fourth-order valence-electron chi connectivity index (χ4n) is 3.74. The molecule has 1 amide bonds. The van der Waals surface area contributed by atoms with Gasteiger partial charge in [-0.15, -0.1) is 6.42 Å². The minimum absolute atomic E-state index is 0.00696. The highest BCUT2D eigenvalue weighted by Gasteiger charge is 2.49. The van der Waals surface area contributed by atoms with E-state index < -0.39 is 44.9 Å². The summed E-state index contributed by atoms with van der Waals surface area (Å²) >= 11 is 6.10. The van der Waals surface area contributed by atoms with E-state index in [1.54, 1.807) is 0 Å². The second-order valence-electron chi connectivity index (χ2n) is 8.13. The molecule has 0 bridgehead atoms. The molecule has 32 heavy (non-hydrogen) atoms. The number of alkyl halides is 3. The number of sulfone groups is 1. The maximum atomic E-state index is 13.2. The predicted octanol–water partition coefficient (Wildman–Crippen LogP) is 3.52. The van der Waals surface area contributed by atoms with Gasteiger partial charge >= 0.3 is 6.18 Å². The number of nitrogens with one attached hydrogen (secondary N) is 1. The standard InChI is InChI=1S/C21H23ClF3NO5S/c1-4-20(7-8-20)26-19(27)15-10-14(11-17(15)30-3)32(28,29)18-6-5-13(9-16(18)22)31-12(2)21(23,24)25/h1,5-6,9,12,14-15,17H,7-8,10-11H2,2-3H3,(H,26,27)/t12?,14-,15?,17-/m1/s1. The first-order valence-electron chi connectivity index (χ1n) is 9.92. The lowest BCUT2D eigenvalue weighted by molar-refractivity contribution is -0.189. The first-order valence-corrected chi connectivity index (χ1v) is 11.8. The van der Waals surface area contributed by atoms with Gasteiger partial charge in [0.2, 0.25) is 5.91 Å². The number of benzene rings is 1. The van der Waals surface area contributed by atoms with Crippen LogP contribution in [-0.2, 0) is 19.4 Å². The molecule has 4 atom stereocenters. The van der Waals surface area contributed by atoms with Crippen molar-refractivity contribution in [3.63, 3.8) is 0 Å². The molecule has 0 heterocycles. The Morgan fingerprint density at radius 1 is 1.34 bits per heavy atom. The molecular weight excluding hydrogens is 471 g/mol. The van der Waals surface area contributed by atoms with Crippen LogP contribution in [0.4, 0.5) is 13.2 Å². The normalized spacial score (nSPS) is 25.6. The van der Waals surface area contributed by atoms with E-state index in [2.05, 4.69) is 11.2 Å². The van der Waals surface area contributed by atoms with Crippen molar-refractivity contribution in [2.75, 3.05) is 7.11 Å². The lowest BCUT2D eigenvalue weighted by Gasteiger charge is -2.19. The molecule has 11 heteroatoms. The minimum atomic E-state index is -4.58. The van der Waals surface area contributed by atoms with Crippen molar-refractivity contribution in [1.29, 1.82) is 0 Å². The van der Waals surface area contributed by atoms with Crippen molar-refractivity contribution in [1.82, 2.24) is 5.32 Å². The third-order valence-electron chi connectivity index (χ3n) is 5.91. The minimum Gasteiger partial charge on any atom is -0.481 e. The fourth-order valence-corrected chi connectivity index (χ4v) is 6.08. The number of methoxy groups -OCH3 is 1. The average Bonchev–Trinajstić information content (AvgIpc) is 3.33. The summed E-state index contributed by atoms with van der Waals surface area (Å²) in [5.41, 5.74) is -0.668. The van der Waals surface area contributed by atoms with Gasteiger partial charge in [-0.1, -0.05) is 17.5 Å². The van der Waals surface area contributed by atoms with Gasteiger partial charge in [0.05, 0.1) is 27.2 Å². The van der Waals surface area contributed by atoms with E-state index in [0.717, 1.165) is 25.1 Å². The molecule has 0 saturated heterocycles. The van der Waals surface area contributed by atoms with E-state index in [1.807, 2.05) is 0 Å². The molecule has 1 aromatic rings. The molecule has 2 aliphatic rings. The van der Waals surface area contributed by atoms with Crippen LogP contribution in [0.25, 0.3) is 0 Å². The number of ether oxygens (including phenoxy) is 2. The SMILES string of the molecule is C#CC1(NC(=O)C2C[C@@H](S(=O)(=O)c3ccc(OC(C)C(F)(F)F)cc3Cl)C[C@H]2OC)CC1. The summed E-state index contributed by atoms with van der Waals surface area (Å²) in [5.74, 6) is 1.28. The Morgan fingerprint density at radius 2 is 2.00 bits per heavy atom. The number of terminal acetylenes is 1. The van der Waals surface area contributed by atoms with Gasteiger partial charge in [-0.05, 0) is 44.7 Å². The summed E-state index contributed by atoms with van der Waals surface area (Å²) in [6.45, 7) is 0.832. The highest BCUT2D eigenvalue weighted by Crippen LogP contribution is 2.40. The molecule has 1 aromatic carbocycles. The van der Waals surface area contributed by atoms with E-state index in [0.29, 0.717) is 12.8 Å². The monoisotopic (exact) mass is 493 g/mol. The van der Waals surface area contributed by atoms with Crippen molar-refractivity contribution in [3.8, 4) is 18.1 Å². The lowest BCUT2D eigenvalue weighted by atomic mass is 10.0. The summed E-state index contributed by atoms with van der Waals surface area (Å²) in [4.78, 5) is 12.5. The first kappa shape index (κ1) is 24.7. The van der Waals surface area contributed by atoms with Crippen molar-refractivity contribution < 1.29 is 35.9 Å². The van der Waals surface area contributed by atoms with E-state index in [-0.39, 0.29) is 34.4 Å². The summed E-state index contributed by atoms with van der Waals surface area (Å²) in [7, 11) is -2.60. The largest absolute Gasteiger partial charge is 0.481 e. The molecule has 0 spiro atoms. The van der Waals surface area contributed by atoms with Gasteiger partial charge in [-0.25, -0.2) is 8.42 Å². The summed E-state index contributed by atoms with van der Waals surface area (Å²) in [5, 5.41) is 1.58. The number of halogens is 4. The van der Waals surface area contributed by atoms with Crippen LogP contribution in [0.3, 0.4) is 0 Å². The van der Waals surface area contributed by atoms with Crippen LogP contribution in [0, 0.1) is 18.3 Å². The second kappa shape index (κ2) is 8.76. The number of hydrogen-bond acceptors (Lipinski definition) is 5. The number of rotatable bonds is 7. The van der Waals surface area contributed by atoms with Crippen LogP contribution < -0.4 is 10.1 Å². The average molecular weight is 494 g/mol. The molecule has 0 radical (unpaired) electrons. The quantitative estimate of drug-likeness (QED) is 0.588. The van der Waals surface area contributed by atoms with Crippen molar-refractivity contribution in [3.05, 3.63) is 23.2 Å². The maximum Gasteiger partial charge on any atom is 0.425 e. The Bertz CT molecular complexity index is 1030. The molecule has 176 valence electrons. The second-order valence-corrected chi connectivity index (χ2v) is 10.7. The van der Waals surface area contributed by atoms with Gasteiger partial charge < -0.3 is 14.8 Å². The maximum absolute atomic E-state index is 13.2. The van der Waals surface area contributed by atoms with Crippen LogP contribution in [0.2, 0.25) is 5.02 Å². The van der Waals surface area contributed by atoms with E-state index in [4.69, 9.17) is 27.5 Å². The summed E-state index contributed by atoms with van der Waals surface area (Å²) < 4.78 is 74.7. The molecule has 0 aromatic heterocycles. The lowest BCUT2D eigenvalue weighted by Crippen LogP contribution is -2.42. The van der Waals surface area contributed by atoms with Crippen LogP contribution >= 0.6 is 11.6 Å². The zero-order valence-electron chi connectivity index (χ0n) is 17.4. The van der Waals surface area contributed by atoms with Gasteiger partial charge in [-0.3, -0.25) is 4.79 Å². The smallest absolute Gasteiger partial charge is 0.425 e. The van der Waals surface area contributed by atoms with Gasteiger partial charge in [0.15, 0.2) is 15.9 Å². The summed E-state index contributed by atoms with van der Waals surface area (Å²) in [6.07, 6.45) is -0.429. The zero-order valence-corrected chi connectivity index (χ0v) is 19.0. The first-order chi connectivity index (χ1) is 14.8. The van der Waals surface area contributed by atoms with Crippen molar-refractivity contribution >= 4 is 27.3 Å². The Balaban J connectivity index is 1.77. The van der Waals surface area contributed by atoms with E-state index in [9.17, 15) is 26.4 Å². The molecule has 2 fully saturated rings. The Morgan fingerprint density at radius 3 is 2.50 bits per heavy atom. The van der Waals surface area contributed by atoms with Gasteiger partial charge in [-0.2, -0.15) is 13.2 Å². The Hall–Kier alpha value is -1.96. The molecule has 2 saturated carbocycles. The van der Waals surface area contributed by atoms with Crippen LogP contribution in [0.1, 0.15) is 32.6 Å². The molecule has 3 rings (SSSR count). The highest BCUT2D eigenvalue weighted by molar-refractivity contribution is 7.92. The third-order valence-corrected chi connectivity index (χ3v) is 8.57. The summed E-state index contributed by atoms with van der Waals surface area (Å²) in [6, 6.07) is 3.27. The highest BCUT2D eigenvalue weighted by atomic mass is 35.5. The van der Waals surface area contributed by atoms with Crippen LogP contribution in [-0.4, -0.2) is 50.6 Å². The van der Waals surface area contributed by atoms with Crippen molar-refractivity contribution in [2.24, 2.45) is 5.92 Å². The van der Waals surface area contributed by atoms with Gasteiger partial charge in [0.1, 0.15) is 11.3 Å². The van der Waals surface area contributed by atoms with Gasteiger partial charge in [0, 0.05) is 13.2 Å². The fraction of sp³-hybridized carbons (Fsp3) is 0.571. The molecular formula is C21H23ClF3NO5S. The molecule has 6 nitrogen and oxygen atoms in total. The number of carbonyl (C=O) groups is 1. The van der Waals surface area contributed by atoms with Crippen molar-refractivity contribution in [2.45, 2.75) is 66.7 Å². The molecule has 0 aliphatic heterocycles. The zero-order chi connectivity index (χ0) is 23.9. The predicted molar refractivity (Wildman–Crippen MR) is 111 cm³/mol. The van der Waals surface area contributed by atoms with E-state index in [1.165, 1.54) is 7.11 Å². The molecule has 2 aliphatic carbocycles. The number of hydrogen-bond donors (Lipinski definition) is 1.